The number of rotatable bonds is 17. The van der Waals surface area contributed by atoms with E-state index in [1.807, 2.05) is 13.8 Å². The molecule has 0 unspecified atom stereocenters. The fourth-order valence-corrected chi connectivity index (χ4v) is 5.07. The molecule has 1 aromatic heterocycles. The maximum Gasteiger partial charge on any atom is 0.510 e. The largest absolute Gasteiger partial charge is 0.510 e. The van der Waals surface area contributed by atoms with Crippen molar-refractivity contribution in [2.24, 2.45) is 11.8 Å². The highest BCUT2D eigenvalue weighted by molar-refractivity contribution is 6.02. The van der Waals surface area contributed by atoms with E-state index in [1.165, 1.54) is 12.0 Å². The standard InChI is InChI=1S/C30H40N4O12/c1-17(2)12-22(33-27(37)23-14-19-20(31-23)6-5-7-25(19)42-3)26(36)32-21(24(35)15-44-16-46-30(41)43-4)13-18-8-9-34(28(18)38)10-11-45-29(39)40/h5-7,14,17-18,21-22,31H,8-13,15-16H2,1-4H3,(H,32,36)(H,33,37)(H,39,40)/t18-,21-,22-/m0/s1. The summed E-state index contributed by atoms with van der Waals surface area (Å²) in [6.07, 6.45) is -1.95. The van der Waals surface area contributed by atoms with Crippen molar-refractivity contribution < 1.29 is 57.6 Å². The maximum atomic E-state index is 13.6. The second-order valence-corrected chi connectivity index (χ2v) is 11.0. The Morgan fingerprint density at radius 3 is 2.52 bits per heavy atom. The summed E-state index contributed by atoms with van der Waals surface area (Å²) in [6.45, 7) is 2.75. The number of carbonyl (C=O) groups is 6. The Kier molecular flexibility index (Phi) is 13.2. The van der Waals surface area contributed by atoms with Gasteiger partial charge in [-0.05, 0) is 43.4 Å². The molecule has 4 N–H and O–H groups in total. The summed E-state index contributed by atoms with van der Waals surface area (Å²) in [6, 6.07) is 4.70. The number of methoxy groups -OCH3 is 2. The molecule has 0 aliphatic carbocycles. The molecule has 1 saturated heterocycles. The molecule has 1 aromatic carbocycles. The number of hydrogen-bond acceptors (Lipinski definition) is 11. The molecule has 16 heteroatoms. The van der Waals surface area contributed by atoms with Crippen LogP contribution in [0.25, 0.3) is 10.9 Å². The van der Waals surface area contributed by atoms with Crippen molar-refractivity contribution in [1.29, 1.82) is 0 Å². The molecule has 252 valence electrons. The van der Waals surface area contributed by atoms with E-state index in [-0.39, 0.29) is 43.5 Å². The number of aromatic nitrogens is 1. The Labute approximate surface area is 265 Å². The molecule has 0 radical (unpaired) electrons. The zero-order chi connectivity index (χ0) is 33.8. The third-order valence-corrected chi connectivity index (χ3v) is 7.31. The number of fused-ring (bicyclic) bond motifs is 1. The van der Waals surface area contributed by atoms with Gasteiger partial charge in [-0.15, -0.1) is 0 Å². The number of hydrogen-bond donors (Lipinski definition) is 4. The highest BCUT2D eigenvalue weighted by atomic mass is 16.8. The van der Waals surface area contributed by atoms with Gasteiger partial charge in [0.05, 0.1) is 26.8 Å². The molecule has 1 aliphatic heterocycles. The lowest BCUT2D eigenvalue weighted by atomic mass is 9.95. The number of ether oxygens (including phenoxy) is 5. The highest BCUT2D eigenvalue weighted by Crippen LogP contribution is 2.26. The van der Waals surface area contributed by atoms with E-state index in [9.17, 15) is 28.8 Å². The van der Waals surface area contributed by atoms with Gasteiger partial charge in [0, 0.05) is 23.4 Å². The van der Waals surface area contributed by atoms with Crippen molar-refractivity contribution >= 4 is 46.7 Å². The van der Waals surface area contributed by atoms with Crippen molar-refractivity contribution in [2.45, 2.75) is 45.2 Å². The quantitative estimate of drug-likeness (QED) is 0.110. The van der Waals surface area contributed by atoms with E-state index in [0.717, 1.165) is 7.11 Å². The Hall–Kier alpha value is -4.86. The van der Waals surface area contributed by atoms with Gasteiger partial charge in [-0.25, -0.2) is 9.59 Å². The second-order valence-electron chi connectivity index (χ2n) is 11.0. The van der Waals surface area contributed by atoms with Gasteiger partial charge in [0.25, 0.3) is 5.91 Å². The molecule has 3 rings (SSSR count). The number of nitrogens with one attached hydrogen (secondary N) is 3. The Bertz CT molecular complexity index is 1410. The molecule has 0 bridgehead atoms. The van der Waals surface area contributed by atoms with Crippen LogP contribution < -0.4 is 15.4 Å². The number of benzene rings is 1. The van der Waals surface area contributed by atoms with Gasteiger partial charge in [0.1, 0.15) is 30.7 Å². The summed E-state index contributed by atoms with van der Waals surface area (Å²) in [5.41, 5.74) is 0.872. The van der Waals surface area contributed by atoms with E-state index in [1.54, 1.807) is 24.3 Å². The number of Topliss-reactive ketones (excluding diaryl/α,β-unsaturated/α-hetero) is 1. The lowest BCUT2D eigenvalue weighted by Crippen LogP contribution is -2.53. The summed E-state index contributed by atoms with van der Waals surface area (Å²) < 4.78 is 24.0. The van der Waals surface area contributed by atoms with Crippen LogP contribution >= 0.6 is 0 Å². The minimum Gasteiger partial charge on any atom is -0.496 e. The fraction of sp³-hybridized carbons (Fsp3) is 0.533. The fourth-order valence-electron chi connectivity index (χ4n) is 5.07. The van der Waals surface area contributed by atoms with Crippen LogP contribution in [0.1, 0.15) is 43.6 Å². The van der Waals surface area contributed by atoms with Gasteiger partial charge in [-0.2, -0.15) is 0 Å². The molecule has 0 saturated carbocycles. The van der Waals surface area contributed by atoms with Crippen LogP contribution in [-0.2, 0) is 33.3 Å². The van der Waals surface area contributed by atoms with E-state index < -0.39 is 61.3 Å². The van der Waals surface area contributed by atoms with Crippen LogP contribution in [0, 0.1) is 11.8 Å². The summed E-state index contributed by atoms with van der Waals surface area (Å²) in [5, 5.41) is 14.8. The number of aromatic amines is 1. The van der Waals surface area contributed by atoms with Gasteiger partial charge in [-0.1, -0.05) is 19.9 Å². The first-order valence-electron chi connectivity index (χ1n) is 14.7. The van der Waals surface area contributed by atoms with Crippen LogP contribution in [-0.4, -0.2) is 110 Å². The maximum absolute atomic E-state index is 13.6. The molecular formula is C30H40N4O12. The van der Waals surface area contributed by atoms with Crippen LogP contribution in [0.15, 0.2) is 24.3 Å². The first-order chi connectivity index (χ1) is 21.9. The van der Waals surface area contributed by atoms with Gasteiger partial charge in [0.15, 0.2) is 12.6 Å². The van der Waals surface area contributed by atoms with Crippen LogP contribution in [0.5, 0.6) is 5.75 Å². The predicted molar refractivity (Wildman–Crippen MR) is 160 cm³/mol. The first-order valence-corrected chi connectivity index (χ1v) is 14.7. The SMILES string of the molecule is COC(=O)OCOCC(=O)[C@H](C[C@@H]1CCN(CCOC(=O)O)C1=O)NC(=O)[C@H](CC(C)C)NC(=O)c1cc2c(OC)cccc2[nH]1. The minimum atomic E-state index is -1.46. The monoisotopic (exact) mass is 648 g/mol. The van der Waals surface area contributed by atoms with Crippen molar-refractivity contribution in [2.75, 3.05) is 47.3 Å². The van der Waals surface area contributed by atoms with Crippen LogP contribution in [0.3, 0.4) is 0 Å². The minimum absolute atomic E-state index is 0.0233. The second kappa shape index (κ2) is 17.0. The summed E-state index contributed by atoms with van der Waals surface area (Å²) in [5.74, 6) is -2.22. The molecule has 3 atom stereocenters. The Morgan fingerprint density at radius 1 is 1.09 bits per heavy atom. The molecule has 46 heavy (non-hydrogen) atoms. The zero-order valence-electron chi connectivity index (χ0n) is 26.2. The third-order valence-electron chi connectivity index (χ3n) is 7.31. The number of nitrogens with zero attached hydrogens (tertiary/aromatic N) is 1. The van der Waals surface area contributed by atoms with E-state index >= 15 is 0 Å². The molecule has 16 nitrogen and oxygen atoms in total. The lowest BCUT2D eigenvalue weighted by Gasteiger charge is -2.25. The number of H-pyrrole nitrogens is 1. The van der Waals surface area contributed by atoms with Crippen molar-refractivity contribution in [3.63, 3.8) is 0 Å². The Morgan fingerprint density at radius 2 is 1.85 bits per heavy atom. The molecule has 1 aliphatic rings. The molecular weight excluding hydrogens is 608 g/mol. The van der Waals surface area contributed by atoms with E-state index in [4.69, 9.17) is 14.6 Å². The molecule has 3 amide bonds. The molecule has 1 fully saturated rings. The average Bonchev–Trinajstić information content (AvgIpc) is 3.61. The summed E-state index contributed by atoms with van der Waals surface area (Å²) in [7, 11) is 2.63. The zero-order valence-corrected chi connectivity index (χ0v) is 26.2. The van der Waals surface area contributed by atoms with Gasteiger partial charge >= 0.3 is 12.3 Å². The molecule has 2 heterocycles. The van der Waals surface area contributed by atoms with Crippen molar-refractivity contribution in [3.8, 4) is 5.75 Å². The number of amides is 3. The topological polar surface area (TPSA) is 212 Å². The average molecular weight is 649 g/mol. The lowest BCUT2D eigenvalue weighted by molar-refractivity contribution is -0.136. The molecule has 0 spiro atoms. The number of carboxylic acid groups (broad SMARTS) is 1. The van der Waals surface area contributed by atoms with E-state index in [2.05, 4.69) is 29.8 Å². The molecule has 2 aromatic rings. The van der Waals surface area contributed by atoms with Gasteiger partial charge < -0.3 is 49.3 Å². The van der Waals surface area contributed by atoms with E-state index in [0.29, 0.717) is 29.6 Å². The van der Waals surface area contributed by atoms with Gasteiger partial charge in [-0.3, -0.25) is 19.2 Å². The highest BCUT2D eigenvalue weighted by Gasteiger charge is 2.36. The summed E-state index contributed by atoms with van der Waals surface area (Å²) in [4.78, 5) is 79.4. The van der Waals surface area contributed by atoms with Crippen molar-refractivity contribution in [3.05, 3.63) is 30.0 Å². The predicted octanol–water partition coefficient (Wildman–Crippen LogP) is 2.07. The smallest absolute Gasteiger partial charge is 0.496 e. The first kappa shape index (κ1) is 35.6. The normalized spacial score (nSPS) is 15.7. The number of ketones is 1. The van der Waals surface area contributed by atoms with Crippen LogP contribution in [0.2, 0.25) is 0 Å². The Balaban J connectivity index is 1.74. The van der Waals surface area contributed by atoms with Crippen molar-refractivity contribution in [1.82, 2.24) is 20.5 Å². The van der Waals surface area contributed by atoms with Gasteiger partial charge in [0.2, 0.25) is 11.8 Å². The summed E-state index contributed by atoms with van der Waals surface area (Å²) >= 11 is 0. The third kappa shape index (κ3) is 10.1. The number of likely N-dealkylation sites (tertiary alicyclic amines) is 1. The van der Waals surface area contributed by atoms with Crippen LogP contribution in [0.4, 0.5) is 9.59 Å². The number of carbonyl (C=O) groups excluding carboxylic acids is 5.